The van der Waals surface area contributed by atoms with Crippen LogP contribution in [0.15, 0.2) is 25.3 Å². The molecule has 2 saturated carbocycles. The van der Waals surface area contributed by atoms with Gasteiger partial charge < -0.3 is 51.3 Å². The molecule has 4 aromatic heterocycles. The Bertz CT molecular complexity index is 1870. The highest BCUT2D eigenvalue weighted by Crippen LogP contribution is 2.56. The van der Waals surface area contributed by atoms with Gasteiger partial charge in [0.25, 0.3) is 0 Å². The van der Waals surface area contributed by atoms with Gasteiger partial charge in [-0.25, -0.2) is 29.9 Å². The van der Waals surface area contributed by atoms with Gasteiger partial charge in [0.1, 0.15) is 59.3 Å². The number of aliphatic hydroxyl groups is 2. The van der Waals surface area contributed by atoms with E-state index in [9.17, 15) is 10.2 Å². The summed E-state index contributed by atoms with van der Waals surface area (Å²) in [4.78, 5) is 25.0. The number of nitrogen functional groups attached to an aromatic ring is 2. The molecule has 2 aliphatic carbocycles. The van der Waals surface area contributed by atoms with E-state index in [1.807, 2.05) is 18.4 Å². The molecule has 7 heterocycles. The van der Waals surface area contributed by atoms with E-state index < -0.39 is 29.8 Å². The van der Waals surface area contributed by atoms with Crippen molar-refractivity contribution < 1.29 is 29.2 Å². The largest absolute Gasteiger partial charge is 0.387 e. The van der Waals surface area contributed by atoms with Crippen molar-refractivity contribution in [3.05, 3.63) is 25.3 Å². The summed E-state index contributed by atoms with van der Waals surface area (Å²) in [6, 6.07) is 0.761. The molecule has 18 nitrogen and oxygen atoms in total. The SMILES string of the molecule is CCCNC1CC2(C1)O[C@@H](n1cnc3c(N)ncnc31)[C@@H]1OC(C)(C)O[C@@H]12.CCCNC1CC2(C1)O[C@@H](n1cnc3c(N)ncnc31)[C@H](O)[C@@H]2O. The van der Waals surface area contributed by atoms with Gasteiger partial charge in [-0.3, -0.25) is 9.13 Å². The molecule has 0 bridgehead atoms. The van der Waals surface area contributed by atoms with Crippen LogP contribution in [0, 0.1) is 0 Å². The predicted octanol–water partition coefficient (Wildman–Crippen LogP) is 0.918. The number of rotatable bonds is 8. The van der Waals surface area contributed by atoms with Crippen LogP contribution in [0.5, 0.6) is 0 Å². The van der Waals surface area contributed by atoms with Crippen LogP contribution in [0.4, 0.5) is 11.6 Å². The first-order chi connectivity index (χ1) is 24.5. The van der Waals surface area contributed by atoms with E-state index in [2.05, 4.69) is 54.4 Å². The number of fused-ring (bicyclic) bond motifs is 4. The van der Waals surface area contributed by atoms with E-state index in [0.29, 0.717) is 53.1 Å². The molecule has 18 heteroatoms. The second-order valence-electron chi connectivity index (χ2n) is 14.9. The Balaban J connectivity index is 0.000000148. The smallest absolute Gasteiger partial charge is 0.167 e. The first kappa shape index (κ1) is 34.5. The van der Waals surface area contributed by atoms with Gasteiger partial charge in [-0.05, 0) is 65.5 Å². The highest BCUT2D eigenvalue weighted by Gasteiger charge is 2.67. The minimum absolute atomic E-state index is 0.117. The molecule has 3 saturated heterocycles. The van der Waals surface area contributed by atoms with E-state index in [4.69, 9.17) is 30.4 Å². The number of imidazole rings is 2. The lowest BCUT2D eigenvalue weighted by atomic mass is 9.72. The lowest BCUT2D eigenvalue weighted by molar-refractivity contribution is -0.239. The average molecular weight is 709 g/mol. The van der Waals surface area contributed by atoms with Gasteiger partial charge in [0, 0.05) is 12.1 Å². The van der Waals surface area contributed by atoms with Gasteiger partial charge in [0.2, 0.25) is 0 Å². The third kappa shape index (κ3) is 5.72. The second kappa shape index (κ2) is 12.8. The summed E-state index contributed by atoms with van der Waals surface area (Å²) in [6.45, 7) is 10.1. The number of ether oxygens (including phenoxy) is 4. The van der Waals surface area contributed by atoms with Crippen molar-refractivity contribution in [1.82, 2.24) is 49.7 Å². The molecule has 0 unspecified atom stereocenters. The zero-order valence-corrected chi connectivity index (χ0v) is 29.3. The molecule has 6 atom stereocenters. The number of nitrogens with two attached hydrogens (primary N) is 2. The Morgan fingerprint density at radius 1 is 0.725 bits per heavy atom. The number of hydrogen-bond acceptors (Lipinski definition) is 16. The summed E-state index contributed by atoms with van der Waals surface area (Å²) in [6.07, 6.45) is 7.91. The molecule has 2 spiro atoms. The molecule has 276 valence electrons. The summed E-state index contributed by atoms with van der Waals surface area (Å²) < 4.78 is 28.7. The van der Waals surface area contributed by atoms with Crippen molar-refractivity contribution in [3.8, 4) is 0 Å². The Labute approximate surface area is 294 Å². The van der Waals surface area contributed by atoms with Crippen molar-refractivity contribution in [3.63, 3.8) is 0 Å². The van der Waals surface area contributed by atoms with E-state index in [1.165, 1.54) is 19.0 Å². The van der Waals surface area contributed by atoms with Crippen LogP contribution in [-0.4, -0.2) is 116 Å². The first-order valence-corrected chi connectivity index (χ1v) is 17.9. The fraction of sp³-hybridized carbons (Fsp3) is 0.697. The zero-order chi connectivity index (χ0) is 35.7. The molecule has 3 aliphatic heterocycles. The van der Waals surface area contributed by atoms with Crippen molar-refractivity contribution in [2.24, 2.45) is 0 Å². The third-order valence-corrected chi connectivity index (χ3v) is 10.9. The summed E-state index contributed by atoms with van der Waals surface area (Å²) in [7, 11) is 0. The normalized spacial score (nSPS) is 36.4. The predicted molar refractivity (Wildman–Crippen MR) is 184 cm³/mol. The van der Waals surface area contributed by atoms with Crippen LogP contribution in [0.2, 0.25) is 0 Å². The van der Waals surface area contributed by atoms with Crippen LogP contribution in [0.3, 0.4) is 0 Å². The van der Waals surface area contributed by atoms with Gasteiger partial charge in [0.05, 0.1) is 12.7 Å². The standard InChI is InChI=1S/C18H26N6O3.C15H22N6O3/c1-4-5-20-10-6-18(7-10)13-12(25-17(2,3)26-13)16(27-18)24-9-23-11-14(19)21-8-22-15(11)24;1-2-3-17-8-4-15(5-8)11(23)10(22)14(24-15)21-7-20-9-12(16)18-6-19-13(9)21/h8-10,12-13,16,20H,4-7H2,1-3H3,(H2,19,21,22);6-8,10-11,14,17,22-23H,2-5H2,1H3,(H2,16,18,19)/t10?,12-,13+,16-,18?;8?,10-,11+,14-,15?/m11/s1. The highest BCUT2D eigenvalue weighted by molar-refractivity contribution is 5.81. The number of anilines is 2. The molecule has 5 aliphatic rings. The molecule has 5 fully saturated rings. The maximum absolute atomic E-state index is 10.5. The van der Waals surface area contributed by atoms with E-state index in [-0.39, 0.29) is 29.9 Å². The Morgan fingerprint density at radius 3 is 1.78 bits per heavy atom. The fourth-order valence-electron chi connectivity index (χ4n) is 8.38. The number of aromatic nitrogens is 8. The van der Waals surface area contributed by atoms with Crippen LogP contribution in [-0.2, 0) is 18.9 Å². The number of nitrogens with one attached hydrogen (secondary N) is 2. The van der Waals surface area contributed by atoms with Crippen LogP contribution in [0.25, 0.3) is 22.3 Å². The van der Waals surface area contributed by atoms with Crippen molar-refractivity contribution >= 4 is 34.0 Å². The average Bonchev–Trinajstić information content (AvgIpc) is 3.87. The molecular formula is C33H48N12O6. The lowest BCUT2D eigenvalue weighted by Crippen LogP contribution is -2.60. The van der Waals surface area contributed by atoms with E-state index in [1.54, 1.807) is 10.9 Å². The maximum atomic E-state index is 10.5. The molecule has 0 amide bonds. The quantitative estimate of drug-likeness (QED) is 0.149. The lowest BCUT2D eigenvalue weighted by Gasteiger charge is -2.47. The maximum Gasteiger partial charge on any atom is 0.167 e. The summed E-state index contributed by atoms with van der Waals surface area (Å²) in [5, 5.41) is 28.0. The molecule has 8 N–H and O–H groups in total. The number of hydrogen-bond donors (Lipinski definition) is 6. The Kier molecular flexibility index (Phi) is 8.65. The zero-order valence-electron chi connectivity index (χ0n) is 29.3. The molecule has 51 heavy (non-hydrogen) atoms. The number of nitrogens with zero attached hydrogens (tertiary/aromatic N) is 8. The number of aliphatic hydroxyl groups excluding tert-OH is 2. The van der Waals surface area contributed by atoms with Crippen LogP contribution < -0.4 is 22.1 Å². The van der Waals surface area contributed by atoms with Crippen molar-refractivity contribution in [2.75, 3.05) is 24.6 Å². The monoisotopic (exact) mass is 708 g/mol. The van der Waals surface area contributed by atoms with Crippen LogP contribution >= 0.6 is 0 Å². The van der Waals surface area contributed by atoms with Gasteiger partial charge in [-0.1, -0.05) is 13.8 Å². The Hall–Kier alpha value is -3.62. The second-order valence-corrected chi connectivity index (χ2v) is 14.9. The third-order valence-electron chi connectivity index (χ3n) is 10.9. The van der Waals surface area contributed by atoms with Gasteiger partial charge in [0.15, 0.2) is 41.2 Å². The van der Waals surface area contributed by atoms with E-state index in [0.717, 1.165) is 38.8 Å². The van der Waals surface area contributed by atoms with Gasteiger partial charge in [-0.15, -0.1) is 0 Å². The van der Waals surface area contributed by atoms with Crippen molar-refractivity contribution in [2.45, 2.75) is 132 Å². The molecular weight excluding hydrogens is 660 g/mol. The van der Waals surface area contributed by atoms with Crippen LogP contribution in [0.1, 0.15) is 78.7 Å². The highest BCUT2D eigenvalue weighted by atomic mass is 16.8. The first-order valence-electron chi connectivity index (χ1n) is 17.9. The minimum Gasteiger partial charge on any atom is -0.387 e. The summed E-state index contributed by atoms with van der Waals surface area (Å²) >= 11 is 0. The fourth-order valence-corrected chi connectivity index (χ4v) is 8.38. The molecule has 0 radical (unpaired) electrons. The topological polar surface area (TPSA) is 241 Å². The van der Waals surface area contributed by atoms with Gasteiger partial charge >= 0.3 is 0 Å². The summed E-state index contributed by atoms with van der Waals surface area (Å²) in [5.41, 5.74) is 12.8. The molecule has 9 rings (SSSR count). The Morgan fingerprint density at radius 2 is 1.24 bits per heavy atom. The summed E-state index contributed by atoms with van der Waals surface area (Å²) in [5.74, 6) is -0.00941. The van der Waals surface area contributed by atoms with Gasteiger partial charge in [-0.2, -0.15) is 0 Å². The molecule has 4 aromatic rings. The van der Waals surface area contributed by atoms with E-state index >= 15 is 0 Å². The van der Waals surface area contributed by atoms with Crippen molar-refractivity contribution in [1.29, 1.82) is 0 Å². The minimum atomic E-state index is -1.05. The molecule has 0 aromatic carbocycles.